The standard InChI is InChI=1S/C15H21FN2O2/c1-10(14-12(16)4-3-5-13(14)20-2)17-8-9-18-15(19)11-6-7-11/h3-5,10-11,17H,6-9H2,1-2H3,(H,18,19). The van der Waals surface area contributed by atoms with Gasteiger partial charge in [0.05, 0.1) is 7.11 Å². The highest BCUT2D eigenvalue weighted by Gasteiger charge is 2.29. The SMILES string of the molecule is COc1cccc(F)c1C(C)NCCNC(=O)C1CC1. The van der Waals surface area contributed by atoms with E-state index in [0.29, 0.717) is 24.4 Å². The summed E-state index contributed by atoms with van der Waals surface area (Å²) in [5, 5.41) is 6.06. The summed E-state index contributed by atoms with van der Waals surface area (Å²) in [6.07, 6.45) is 2.00. The number of hydrogen-bond acceptors (Lipinski definition) is 3. The highest BCUT2D eigenvalue weighted by Crippen LogP contribution is 2.29. The van der Waals surface area contributed by atoms with Gasteiger partial charge < -0.3 is 15.4 Å². The normalized spacial score (nSPS) is 15.8. The van der Waals surface area contributed by atoms with Crippen LogP contribution < -0.4 is 15.4 Å². The van der Waals surface area contributed by atoms with Gasteiger partial charge in [-0.1, -0.05) is 6.07 Å². The van der Waals surface area contributed by atoms with Crippen LogP contribution in [-0.4, -0.2) is 26.1 Å². The van der Waals surface area contributed by atoms with Crippen LogP contribution in [0.4, 0.5) is 4.39 Å². The Hall–Kier alpha value is -1.62. The van der Waals surface area contributed by atoms with Gasteiger partial charge in [0.2, 0.25) is 5.91 Å². The Morgan fingerprint density at radius 3 is 2.85 bits per heavy atom. The van der Waals surface area contributed by atoms with E-state index in [1.165, 1.54) is 13.2 Å². The van der Waals surface area contributed by atoms with Crippen molar-refractivity contribution in [3.8, 4) is 5.75 Å². The molecule has 1 saturated carbocycles. The molecule has 1 aromatic rings. The molecule has 4 nitrogen and oxygen atoms in total. The van der Waals surface area contributed by atoms with E-state index in [9.17, 15) is 9.18 Å². The molecule has 0 spiro atoms. The van der Waals surface area contributed by atoms with Crippen LogP contribution in [0.3, 0.4) is 0 Å². The van der Waals surface area contributed by atoms with Crippen molar-refractivity contribution >= 4 is 5.91 Å². The number of ether oxygens (including phenoxy) is 1. The molecule has 110 valence electrons. The van der Waals surface area contributed by atoms with Gasteiger partial charge in [0.1, 0.15) is 11.6 Å². The fraction of sp³-hybridized carbons (Fsp3) is 0.533. The molecule has 1 aliphatic rings. The van der Waals surface area contributed by atoms with E-state index in [2.05, 4.69) is 10.6 Å². The summed E-state index contributed by atoms with van der Waals surface area (Å²) >= 11 is 0. The third-order valence-corrected chi connectivity index (χ3v) is 3.49. The number of benzene rings is 1. The Balaban J connectivity index is 1.82. The van der Waals surface area contributed by atoms with Crippen LogP contribution in [0.15, 0.2) is 18.2 Å². The van der Waals surface area contributed by atoms with E-state index in [1.807, 2.05) is 6.92 Å². The zero-order valence-corrected chi connectivity index (χ0v) is 11.9. The maximum absolute atomic E-state index is 13.8. The Morgan fingerprint density at radius 1 is 1.45 bits per heavy atom. The maximum Gasteiger partial charge on any atom is 0.223 e. The van der Waals surface area contributed by atoms with Crippen LogP contribution in [-0.2, 0) is 4.79 Å². The fourth-order valence-corrected chi connectivity index (χ4v) is 2.18. The lowest BCUT2D eigenvalue weighted by molar-refractivity contribution is -0.122. The number of nitrogens with one attached hydrogen (secondary N) is 2. The first-order valence-corrected chi connectivity index (χ1v) is 6.97. The van der Waals surface area contributed by atoms with Crippen LogP contribution in [0.25, 0.3) is 0 Å². The van der Waals surface area contributed by atoms with Crippen molar-refractivity contribution in [3.05, 3.63) is 29.6 Å². The Bertz CT molecular complexity index is 475. The second kappa shape index (κ2) is 6.70. The van der Waals surface area contributed by atoms with Gasteiger partial charge >= 0.3 is 0 Å². The maximum atomic E-state index is 13.8. The highest BCUT2D eigenvalue weighted by molar-refractivity contribution is 5.80. The molecule has 1 amide bonds. The van der Waals surface area contributed by atoms with Crippen molar-refractivity contribution in [1.29, 1.82) is 0 Å². The molecule has 1 aliphatic carbocycles. The van der Waals surface area contributed by atoms with Crippen LogP contribution in [0.2, 0.25) is 0 Å². The Morgan fingerprint density at radius 2 is 2.20 bits per heavy atom. The topological polar surface area (TPSA) is 50.4 Å². The third-order valence-electron chi connectivity index (χ3n) is 3.49. The number of carbonyl (C=O) groups excluding carboxylic acids is 1. The van der Waals surface area contributed by atoms with Crippen molar-refractivity contribution in [1.82, 2.24) is 10.6 Å². The van der Waals surface area contributed by atoms with E-state index in [1.54, 1.807) is 12.1 Å². The van der Waals surface area contributed by atoms with Crippen LogP contribution >= 0.6 is 0 Å². The molecule has 1 fully saturated rings. The van der Waals surface area contributed by atoms with E-state index in [4.69, 9.17) is 4.74 Å². The summed E-state index contributed by atoms with van der Waals surface area (Å²) in [7, 11) is 1.53. The van der Waals surface area contributed by atoms with E-state index < -0.39 is 0 Å². The van der Waals surface area contributed by atoms with E-state index in [0.717, 1.165) is 12.8 Å². The third kappa shape index (κ3) is 3.70. The first-order chi connectivity index (χ1) is 9.63. The summed E-state index contributed by atoms with van der Waals surface area (Å²) in [6, 6.07) is 4.61. The molecule has 0 aliphatic heterocycles. The average molecular weight is 280 g/mol. The lowest BCUT2D eigenvalue weighted by atomic mass is 10.1. The van der Waals surface area contributed by atoms with Crippen molar-refractivity contribution in [2.24, 2.45) is 5.92 Å². The zero-order chi connectivity index (χ0) is 14.5. The molecule has 0 saturated heterocycles. The molecule has 0 heterocycles. The number of halogens is 1. The van der Waals surface area contributed by atoms with Crippen LogP contribution in [0.5, 0.6) is 5.75 Å². The molecule has 0 bridgehead atoms. The van der Waals surface area contributed by atoms with Crippen LogP contribution in [0, 0.1) is 11.7 Å². The first kappa shape index (κ1) is 14.8. The first-order valence-electron chi connectivity index (χ1n) is 6.97. The lowest BCUT2D eigenvalue weighted by Gasteiger charge is -2.18. The second-order valence-electron chi connectivity index (χ2n) is 5.10. The number of hydrogen-bond donors (Lipinski definition) is 2. The number of amides is 1. The molecule has 20 heavy (non-hydrogen) atoms. The molecule has 0 radical (unpaired) electrons. The second-order valence-corrected chi connectivity index (χ2v) is 5.10. The molecule has 2 N–H and O–H groups in total. The monoisotopic (exact) mass is 280 g/mol. The fourth-order valence-electron chi connectivity index (χ4n) is 2.18. The lowest BCUT2D eigenvalue weighted by Crippen LogP contribution is -2.33. The predicted molar refractivity (Wildman–Crippen MR) is 75.1 cm³/mol. The number of methoxy groups -OCH3 is 1. The number of carbonyl (C=O) groups is 1. The predicted octanol–water partition coefficient (Wildman–Crippen LogP) is 2.01. The summed E-state index contributed by atoms with van der Waals surface area (Å²) in [6.45, 7) is 3.03. The van der Waals surface area contributed by atoms with Crippen molar-refractivity contribution < 1.29 is 13.9 Å². The van der Waals surface area contributed by atoms with Gasteiger partial charge in [0, 0.05) is 30.6 Å². The summed E-state index contributed by atoms with van der Waals surface area (Å²) in [5.41, 5.74) is 0.517. The Kier molecular flexibility index (Phi) is 4.95. The minimum absolute atomic E-state index is 0.128. The minimum atomic E-state index is -0.286. The van der Waals surface area contributed by atoms with Crippen LogP contribution in [0.1, 0.15) is 31.4 Å². The average Bonchev–Trinajstić information content (AvgIpc) is 3.27. The van der Waals surface area contributed by atoms with Gasteiger partial charge in [0.25, 0.3) is 0 Å². The van der Waals surface area contributed by atoms with E-state index in [-0.39, 0.29) is 23.7 Å². The molecule has 1 unspecified atom stereocenters. The largest absolute Gasteiger partial charge is 0.496 e. The van der Waals surface area contributed by atoms with Gasteiger partial charge in [-0.05, 0) is 31.9 Å². The molecule has 5 heteroatoms. The molecule has 0 aromatic heterocycles. The van der Waals surface area contributed by atoms with Gasteiger partial charge in [-0.25, -0.2) is 4.39 Å². The molecular weight excluding hydrogens is 259 g/mol. The zero-order valence-electron chi connectivity index (χ0n) is 11.9. The van der Waals surface area contributed by atoms with Gasteiger partial charge in [-0.2, -0.15) is 0 Å². The number of rotatable bonds is 7. The summed E-state index contributed by atoms with van der Waals surface area (Å²) < 4.78 is 19.0. The summed E-state index contributed by atoms with van der Waals surface area (Å²) in [5.74, 6) is 0.598. The molecule has 2 rings (SSSR count). The summed E-state index contributed by atoms with van der Waals surface area (Å²) in [4.78, 5) is 11.5. The molecule has 1 atom stereocenters. The van der Waals surface area contributed by atoms with Crippen molar-refractivity contribution in [2.45, 2.75) is 25.8 Å². The van der Waals surface area contributed by atoms with Crippen molar-refractivity contribution in [2.75, 3.05) is 20.2 Å². The van der Waals surface area contributed by atoms with Gasteiger partial charge in [0.15, 0.2) is 0 Å². The highest BCUT2D eigenvalue weighted by atomic mass is 19.1. The van der Waals surface area contributed by atoms with Crippen molar-refractivity contribution in [3.63, 3.8) is 0 Å². The minimum Gasteiger partial charge on any atom is -0.496 e. The Labute approximate surface area is 118 Å². The van der Waals surface area contributed by atoms with E-state index >= 15 is 0 Å². The van der Waals surface area contributed by atoms with Gasteiger partial charge in [-0.3, -0.25) is 4.79 Å². The van der Waals surface area contributed by atoms with Gasteiger partial charge in [-0.15, -0.1) is 0 Å². The molecular formula is C15H21FN2O2. The quantitative estimate of drug-likeness (QED) is 0.751. The smallest absolute Gasteiger partial charge is 0.223 e. The molecule has 1 aromatic carbocycles.